The Kier molecular flexibility index (Phi) is 7.41. The fourth-order valence-electron chi connectivity index (χ4n) is 2.87. The molecule has 0 bridgehead atoms. The third-order valence-corrected chi connectivity index (χ3v) is 5.86. The molecular formula is C22H24FN5O2S. The standard InChI is InChI=1S/C22H24FN5O2S/c1-14-5-4-6-18(15(14)2)25-21(30)13-31-22-27-26-19(28(22)3)11-12-20(29)24-17-9-7-16(23)8-10-17/h4-10H,11-13H2,1-3H3,(H,24,29)(H,25,30). The van der Waals surface area contributed by atoms with E-state index in [1.807, 2.05) is 32.0 Å². The molecule has 0 spiro atoms. The Morgan fingerprint density at radius 3 is 2.52 bits per heavy atom. The predicted octanol–water partition coefficient (Wildman–Crippen LogP) is 3.87. The third-order valence-electron chi connectivity index (χ3n) is 4.84. The molecule has 9 heteroatoms. The Hall–Kier alpha value is -3.20. The average Bonchev–Trinajstić information content (AvgIpc) is 3.09. The van der Waals surface area contributed by atoms with E-state index in [1.165, 1.54) is 36.0 Å². The summed E-state index contributed by atoms with van der Waals surface area (Å²) in [7, 11) is 1.80. The van der Waals surface area contributed by atoms with Gasteiger partial charge in [-0.05, 0) is 55.3 Å². The first-order valence-electron chi connectivity index (χ1n) is 9.76. The molecule has 0 aliphatic carbocycles. The summed E-state index contributed by atoms with van der Waals surface area (Å²) in [5, 5.41) is 14.5. The second-order valence-electron chi connectivity index (χ2n) is 7.10. The maximum Gasteiger partial charge on any atom is 0.234 e. The van der Waals surface area contributed by atoms with Gasteiger partial charge in [-0.15, -0.1) is 10.2 Å². The molecule has 2 N–H and O–H groups in total. The minimum Gasteiger partial charge on any atom is -0.326 e. The Labute approximate surface area is 184 Å². The Bertz CT molecular complexity index is 1080. The summed E-state index contributed by atoms with van der Waals surface area (Å²) in [6.07, 6.45) is 0.604. The Morgan fingerprint density at radius 2 is 1.77 bits per heavy atom. The number of hydrogen-bond acceptors (Lipinski definition) is 5. The van der Waals surface area contributed by atoms with E-state index in [-0.39, 0.29) is 29.8 Å². The number of halogens is 1. The van der Waals surface area contributed by atoms with E-state index in [1.54, 1.807) is 11.6 Å². The van der Waals surface area contributed by atoms with Crippen LogP contribution in [-0.4, -0.2) is 32.3 Å². The SMILES string of the molecule is Cc1cccc(NC(=O)CSc2nnc(CCC(=O)Nc3ccc(F)cc3)n2C)c1C. The van der Waals surface area contributed by atoms with Gasteiger partial charge in [-0.3, -0.25) is 9.59 Å². The van der Waals surface area contributed by atoms with Crippen molar-refractivity contribution in [3.05, 3.63) is 65.2 Å². The highest BCUT2D eigenvalue weighted by Gasteiger charge is 2.14. The van der Waals surface area contributed by atoms with E-state index >= 15 is 0 Å². The molecule has 1 aromatic heterocycles. The minimum atomic E-state index is -0.357. The monoisotopic (exact) mass is 441 g/mol. The maximum atomic E-state index is 12.9. The van der Waals surface area contributed by atoms with E-state index < -0.39 is 0 Å². The number of hydrogen-bond donors (Lipinski definition) is 2. The average molecular weight is 442 g/mol. The molecule has 1 heterocycles. The van der Waals surface area contributed by atoms with Gasteiger partial charge < -0.3 is 15.2 Å². The molecule has 0 aliphatic rings. The zero-order chi connectivity index (χ0) is 22.4. The highest BCUT2D eigenvalue weighted by Crippen LogP contribution is 2.20. The number of benzene rings is 2. The van der Waals surface area contributed by atoms with Crippen LogP contribution >= 0.6 is 11.8 Å². The van der Waals surface area contributed by atoms with Crippen molar-refractivity contribution in [2.75, 3.05) is 16.4 Å². The molecule has 2 aromatic carbocycles. The molecule has 3 rings (SSSR count). The van der Waals surface area contributed by atoms with Gasteiger partial charge in [0.15, 0.2) is 5.16 Å². The zero-order valence-electron chi connectivity index (χ0n) is 17.6. The number of rotatable bonds is 8. The lowest BCUT2D eigenvalue weighted by Gasteiger charge is -2.10. The highest BCUT2D eigenvalue weighted by atomic mass is 32.2. The van der Waals surface area contributed by atoms with Crippen molar-refractivity contribution in [3.8, 4) is 0 Å². The molecule has 162 valence electrons. The number of nitrogens with zero attached hydrogens (tertiary/aromatic N) is 3. The van der Waals surface area contributed by atoms with Crippen molar-refractivity contribution in [2.45, 2.75) is 31.8 Å². The van der Waals surface area contributed by atoms with Gasteiger partial charge in [0.2, 0.25) is 11.8 Å². The van der Waals surface area contributed by atoms with Gasteiger partial charge in [0, 0.05) is 31.3 Å². The summed E-state index contributed by atoms with van der Waals surface area (Å²) in [6, 6.07) is 11.4. The fraction of sp³-hybridized carbons (Fsp3) is 0.273. The second-order valence-corrected chi connectivity index (χ2v) is 8.04. The highest BCUT2D eigenvalue weighted by molar-refractivity contribution is 7.99. The summed E-state index contributed by atoms with van der Waals surface area (Å²) in [4.78, 5) is 24.4. The van der Waals surface area contributed by atoms with Crippen molar-refractivity contribution < 1.29 is 14.0 Å². The Morgan fingerprint density at radius 1 is 1.03 bits per heavy atom. The first-order valence-corrected chi connectivity index (χ1v) is 10.7. The summed E-state index contributed by atoms with van der Waals surface area (Å²) in [6.45, 7) is 3.97. The molecule has 0 fully saturated rings. The number of thioether (sulfide) groups is 1. The van der Waals surface area contributed by atoms with Crippen LogP contribution in [0.15, 0.2) is 47.6 Å². The molecule has 7 nitrogen and oxygen atoms in total. The molecule has 0 unspecified atom stereocenters. The molecule has 0 saturated heterocycles. The van der Waals surface area contributed by atoms with E-state index in [2.05, 4.69) is 20.8 Å². The second kappa shape index (κ2) is 10.2. The Balaban J connectivity index is 1.49. The van der Waals surface area contributed by atoms with Crippen LogP contribution in [0.4, 0.5) is 15.8 Å². The smallest absolute Gasteiger partial charge is 0.234 e. The van der Waals surface area contributed by atoms with E-state index in [0.29, 0.717) is 23.1 Å². The molecule has 2 amide bonds. The van der Waals surface area contributed by atoms with Gasteiger partial charge in [-0.25, -0.2) is 4.39 Å². The van der Waals surface area contributed by atoms with Crippen LogP contribution in [0.1, 0.15) is 23.4 Å². The van der Waals surface area contributed by atoms with Crippen LogP contribution in [0.3, 0.4) is 0 Å². The summed E-state index contributed by atoms with van der Waals surface area (Å²) in [5.74, 6) is 0.167. The third kappa shape index (κ3) is 6.14. The van der Waals surface area contributed by atoms with Gasteiger partial charge >= 0.3 is 0 Å². The molecule has 31 heavy (non-hydrogen) atoms. The summed E-state index contributed by atoms with van der Waals surface area (Å²) < 4.78 is 14.7. The number of anilines is 2. The number of aromatic nitrogens is 3. The molecule has 0 radical (unpaired) electrons. The van der Waals surface area contributed by atoms with Crippen LogP contribution in [0.2, 0.25) is 0 Å². The number of carbonyl (C=O) groups excluding carboxylic acids is 2. The van der Waals surface area contributed by atoms with Crippen LogP contribution in [0.25, 0.3) is 0 Å². The van der Waals surface area contributed by atoms with Crippen molar-refractivity contribution in [3.63, 3.8) is 0 Å². The molecule has 0 saturated carbocycles. The van der Waals surface area contributed by atoms with Crippen molar-refractivity contribution >= 4 is 35.0 Å². The van der Waals surface area contributed by atoms with Crippen molar-refractivity contribution in [1.82, 2.24) is 14.8 Å². The largest absolute Gasteiger partial charge is 0.326 e. The number of carbonyl (C=O) groups is 2. The summed E-state index contributed by atoms with van der Waals surface area (Å²) in [5.41, 5.74) is 3.50. The first kappa shape index (κ1) is 22.5. The van der Waals surface area contributed by atoms with E-state index in [9.17, 15) is 14.0 Å². The van der Waals surface area contributed by atoms with Crippen LogP contribution < -0.4 is 10.6 Å². The van der Waals surface area contributed by atoms with E-state index in [4.69, 9.17) is 0 Å². The van der Waals surface area contributed by atoms with Gasteiger partial charge in [-0.2, -0.15) is 0 Å². The van der Waals surface area contributed by atoms with Crippen LogP contribution in [-0.2, 0) is 23.1 Å². The van der Waals surface area contributed by atoms with Crippen molar-refractivity contribution in [1.29, 1.82) is 0 Å². The van der Waals surface area contributed by atoms with Crippen LogP contribution in [0.5, 0.6) is 0 Å². The maximum absolute atomic E-state index is 12.9. The van der Waals surface area contributed by atoms with Gasteiger partial charge in [-0.1, -0.05) is 23.9 Å². The molecule has 3 aromatic rings. The number of aryl methyl sites for hydroxylation is 2. The topological polar surface area (TPSA) is 88.9 Å². The fourth-order valence-corrected chi connectivity index (χ4v) is 3.60. The first-order chi connectivity index (χ1) is 14.8. The number of nitrogens with one attached hydrogen (secondary N) is 2. The van der Waals surface area contributed by atoms with Gasteiger partial charge in [0.05, 0.1) is 5.75 Å². The van der Waals surface area contributed by atoms with E-state index in [0.717, 1.165) is 16.8 Å². The number of amides is 2. The summed E-state index contributed by atoms with van der Waals surface area (Å²) >= 11 is 1.28. The quantitative estimate of drug-likeness (QED) is 0.518. The molecule has 0 atom stereocenters. The normalized spacial score (nSPS) is 10.7. The zero-order valence-corrected chi connectivity index (χ0v) is 18.4. The predicted molar refractivity (Wildman–Crippen MR) is 120 cm³/mol. The van der Waals surface area contributed by atoms with Crippen molar-refractivity contribution in [2.24, 2.45) is 7.05 Å². The van der Waals surface area contributed by atoms with Crippen LogP contribution in [0, 0.1) is 19.7 Å². The lowest BCUT2D eigenvalue weighted by molar-refractivity contribution is -0.116. The van der Waals surface area contributed by atoms with Gasteiger partial charge in [0.25, 0.3) is 0 Å². The minimum absolute atomic E-state index is 0.123. The molecule has 0 aliphatic heterocycles. The lowest BCUT2D eigenvalue weighted by atomic mass is 10.1. The molecular weight excluding hydrogens is 417 g/mol. The lowest BCUT2D eigenvalue weighted by Crippen LogP contribution is -2.15. The van der Waals surface area contributed by atoms with Gasteiger partial charge in [0.1, 0.15) is 11.6 Å².